The average Bonchev–Trinajstić information content (AvgIpc) is 2.40. The number of ether oxygens (including phenoxy) is 1. The van der Waals surface area contributed by atoms with Gasteiger partial charge in [0.05, 0.1) is 6.20 Å². The molecule has 98 valence electrons. The van der Waals surface area contributed by atoms with Crippen molar-refractivity contribution in [3.63, 3.8) is 0 Å². The van der Waals surface area contributed by atoms with Gasteiger partial charge in [-0.25, -0.2) is 4.98 Å². The van der Waals surface area contributed by atoms with Crippen molar-refractivity contribution in [3.05, 3.63) is 47.7 Å². The zero-order valence-electron chi connectivity index (χ0n) is 10.5. The molecule has 1 aliphatic heterocycles. The van der Waals surface area contributed by atoms with Gasteiger partial charge >= 0.3 is 0 Å². The number of aromatic nitrogens is 1. The van der Waals surface area contributed by atoms with Crippen LogP contribution in [0.1, 0.15) is 6.42 Å². The van der Waals surface area contributed by atoms with Crippen LogP contribution in [0.2, 0.25) is 5.15 Å². The van der Waals surface area contributed by atoms with Crippen LogP contribution in [-0.4, -0.2) is 24.2 Å². The molecule has 1 fully saturated rings. The van der Waals surface area contributed by atoms with E-state index in [2.05, 4.69) is 10.3 Å². The molecule has 0 saturated carbocycles. The smallest absolute Gasteiger partial charge is 0.138 e. The number of hydrogen-bond donors (Lipinski definition) is 1. The van der Waals surface area contributed by atoms with Gasteiger partial charge in [0.25, 0.3) is 0 Å². The van der Waals surface area contributed by atoms with Crippen molar-refractivity contribution in [1.29, 1.82) is 0 Å². The van der Waals surface area contributed by atoms with Crippen LogP contribution < -0.4 is 10.1 Å². The van der Waals surface area contributed by atoms with Gasteiger partial charge in [-0.15, -0.1) is 0 Å². The van der Waals surface area contributed by atoms with E-state index in [1.54, 1.807) is 6.20 Å². The predicted octanol–water partition coefficient (Wildman–Crippen LogP) is 3.14. The van der Waals surface area contributed by atoms with E-state index in [9.17, 15) is 0 Å². The molecule has 1 aliphatic rings. The monoisotopic (exact) mass is 274 g/mol. The maximum absolute atomic E-state index is 6.15. The second kappa shape index (κ2) is 5.59. The van der Waals surface area contributed by atoms with Crippen molar-refractivity contribution in [3.8, 4) is 16.9 Å². The topological polar surface area (TPSA) is 34.1 Å². The number of rotatable bonds is 4. The molecule has 0 radical (unpaired) electrons. The van der Waals surface area contributed by atoms with Crippen LogP contribution in [-0.2, 0) is 0 Å². The van der Waals surface area contributed by atoms with Gasteiger partial charge in [0.2, 0.25) is 0 Å². The summed E-state index contributed by atoms with van der Waals surface area (Å²) in [5.74, 6) is 0.761. The molecule has 2 aromatic rings. The number of nitrogens with one attached hydrogen (secondary N) is 1. The van der Waals surface area contributed by atoms with Crippen LogP contribution >= 0.6 is 11.6 Å². The second-order valence-electron chi connectivity index (χ2n) is 4.63. The highest BCUT2D eigenvalue weighted by Gasteiger charge is 2.17. The Morgan fingerprint density at radius 2 is 2.11 bits per heavy atom. The molecule has 0 unspecified atom stereocenters. The lowest BCUT2D eigenvalue weighted by atomic mass is 10.1. The zero-order valence-corrected chi connectivity index (χ0v) is 11.2. The third kappa shape index (κ3) is 2.88. The van der Waals surface area contributed by atoms with E-state index < -0.39 is 0 Å². The average molecular weight is 275 g/mol. The normalized spacial score (nSPS) is 17.8. The summed E-state index contributed by atoms with van der Waals surface area (Å²) in [4.78, 5) is 4.20. The Morgan fingerprint density at radius 3 is 2.79 bits per heavy atom. The first-order chi connectivity index (χ1) is 9.33. The third-order valence-electron chi connectivity index (χ3n) is 3.28. The summed E-state index contributed by atoms with van der Waals surface area (Å²) in [5, 5.41) is 3.80. The lowest BCUT2D eigenvalue weighted by molar-refractivity contribution is 0.217. The van der Waals surface area contributed by atoms with Crippen molar-refractivity contribution in [2.45, 2.75) is 12.5 Å². The van der Waals surface area contributed by atoms with Crippen molar-refractivity contribution in [2.24, 2.45) is 0 Å². The Bertz CT molecular complexity index is 555. The minimum Gasteiger partial charge on any atom is -0.490 e. The second-order valence-corrected chi connectivity index (χ2v) is 4.98. The Morgan fingerprint density at radius 1 is 1.32 bits per heavy atom. The number of pyridine rings is 1. The molecule has 0 bridgehead atoms. The fourth-order valence-corrected chi connectivity index (χ4v) is 2.23. The summed E-state index contributed by atoms with van der Waals surface area (Å²) in [6.07, 6.45) is 2.85. The van der Waals surface area contributed by atoms with Crippen molar-refractivity contribution >= 4 is 11.6 Å². The minimum absolute atomic E-state index is 0.468. The van der Waals surface area contributed by atoms with E-state index in [-0.39, 0.29) is 0 Å². The van der Waals surface area contributed by atoms with E-state index in [0.29, 0.717) is 17.8 Å². The largest absolute Gasteiger partial charge is 0.490 e. The van der Waals surface area contributed by atoms with E-state index in [1.807, 2.05) is 36.4 Å². The van der Waals surface area contributed by atoms with Gasteiger partial charge in [-0.3, -0.25) is 0 Å². The van der Waals surface area contributed by atoms with Crippen molar-refractivity contribution in [1.82, 2.24) is 10.3 Å². The molecule has 1 N–H and O–H groups in total. The Hall–Kier alpha value is -1.58. The first-order valence-corrected chi connectivity index (χ1v) is 6.78. The van der Waals surface area contributed by atoms with Crippen molar-refractivity contribution < 1.29 is 4.74 Å². The highest BCUT2D eigenvalue weighted by molar-refractivity contribution is 6.32. The van der Waals surface area contributed by atoms with Gasteiger partial charge in [0, 0.05) is 11.6 Å². The standard InChI is InChI=1S/C15H15ClN2O/c16-15-14(11-4-2-1-3-5-11)8-13(9-18-15)19-10-12-6-7-17-12/h1-5,8-9,12,17H,6-7,10H2/t12-/m0/s1. The van der Waals surface area contributed by atoms with E-state index in [1.165, 1.54) is 6.42 Å². The zero-order chi connectivity index (χ0) is 13.1. The summed E-state index contributed by atoms with van der Waals surface area (Å²) in [6, 6.07) is 12.4. The van der Waals surface area contributed by atoms with Gasteiger partial charge in [0.15, 0.2) is 0 Å². The SMILES string of the molecule is Clc1ncc(OC[C@@H]2CCN2)cc1-c1ccccc1. The molecule has 0 amide bonds. The highest BCUT2D eigenvalue weighted by Crippen LogP contribution is 2.29. The number of halogens is 1. The molecule has 19 heavy (non-hydrogen) atoms. The van der Waals surface area contributed by atoms with Crippen LogP contribution in [0.4, 0.5) is 0 Å². The maximum Gasteiger partial charge on any atom is 0.138 e. The number of benzene rings is 1. The van der Waals surface area contributed by atoms with Gasteiger partial charge in [0.1, 0.15) is 17.5 Å². The summed E-state index contributed by atoms with van der Waals surface area (Å²) >= 11 is 6.15. The predicted molar refractivity (Wildman–Crippen MR) is 76.6 cm³/mol. The van der Waals surface area contributed by atoms with Gasteiger partial charge in [-0.2, -0.15) is 0 Å². The van der Waals surface area contributed by atoms with E-state index >= 15 is 0 Å². The number of hydrogen-bond acceptors (Lipinski definition) is 3. The molecule has 4 heteroatoms. The quantitative estimate of drug-likeness (QED) is 0.870. The lowest BCUT2D eigenvalue weighted by Crippen LogP contribution is -2.46. The van der Waals surface area contributed by atoms with Gasteiger partial charge in [-0.1, -0.05) is 41.9 Å². The molecule has 0 aliphatic carbocycles. The first kappa shape index (κ1) is 12.5. The molecule has 3 nitrogen and oxygen atoms in total. The van der Waals surface area contributed by atoms with Crippen LogP contribution in [0.25, 0.3) is 11.1 Å². The summed E-state index contributed by atoms with van der Waals surface area (Å²) in [6.45, 7) is 1.76. The van der Waals surface area contributed by atoms with E-state index in [0.717, 1.165) is 23.4 Å². The lowest BCUT2D eigenvalue weighted by Gasteiger charge is -2.27. The molecule has 1 aromatic heterocycles. The summed E-state index contributed by atoms with van der Waals surface area (Å²) in [7, 11) is 0. The Kier molecular flexibility index (Phi) is 3.67. The summed E-state index contributed by atoms with van der Waals surface area (Å²) in [5.41, 5.74) is 1.95. The maximum atomic E-state index is 6.15. The van der Waals surface area contributed by atoms with Crippen LogP contribution in [0.5, 0.6) is 5.75 Å². The van der Waals surface area contributed by atoms with Crippen LogP contribution in [0.15, 0.2) is 42.6 Å². The molecule has 2 heterocycles. The third-order valence-corrected chi connectivity index (χ3v) is 3.58. The molecule has 1 saturated heterocycles. The van der Waals surface area contributed by atoms with Crippen LogP contribution in [0.3, 0.4) is 0 Å². The Balaban J connectivity index is 1.79. The fraction of sp³-hybridized carbons (Fsp3) is 0.267. The Labute approximate surface area is 117 Å². The molecular formula is C15H15ClN2O. The molecule has 1 atom stereocenters. The first-order valence-electron chi connectivity index (χ1n) is 6.40. The minimum atomic E-state index is 0.468. The number of nitrogens with zero attached hydrogens (tertiary/aromatic N) is 1. The fourth-order valence-electron chi connectivity index (χ4n) is 2.02. The highest BCUT2D eigenvalue weighted by atomic mass is 35.5. The van der Waals surface area contributed by atoms with Gasteiger partial charge in [-0.05, 0) is 24.6 Å². The molecule has 3 rings (SSSR count). The molecule has 1 aromatic carbocycles. The van der Waals surface area contributed by atoms with Crippen LogP contribution in [0, 0.1) is 0 Å². The molecule has 0 spiro atoms. The van der Waals surface area contributed by atoms with Gasteiger partial charge < -0.3 is 10.1 Å². The molecular weight excluding hydrogens is 260 g/mol. The van der Waals surface area contributed by atoms with E-state index in [4.69, 9.17) is 16.3 Å². The summed E-state index contributed by atoms with van der Waals surface area (Å²) < 4.78 is 5.74. The van der Waals surface area contributed by atoms with Crippen molar-refractivity contribution in [2.75, 3.05) is 13.2 Å².